The van der Waals surface area contributed by atoms with Crippen molar-refractivity contribution in [3.8, 4) is 0 Å². The Labute approximate surface area is 125 Å². The minimum absolute atomic E-state index is 0.0274. The summed E-state index contributed by atoms with van der Waals surface area (Å²) in [6, 6.07) is 6.76. The number of hydrogen-bond acceptors (Lipinski definition) is 3. The number of carbonyl (C=O) groups is 3. The molecule has 0 bridgehead atoms. The van der Waals surface area contributed by atoms with Gasteiger partial charge in [0.25, 0.3) is 0 Å². The van der Waals surface area contributed by atoms with E-state index in [1.54, 1.807) is 24.3 Å². The maximum atomic E-state index is 12.0. The molecule has 0 aliphatic heterocycles. The van der Waals surface area contributed by atoms with Crippen LogP contribution in [-0.2, 0) is 9.59 Å². The maximum Gasteiger partial charge on any atom is 0.243 e. The second-order valence-electron chi connectivity index (χ2n) is 4.98. The first-order chi connectivity index (χ1) is 9.93. The first kappa shape index (κ1) is 16.9. The number of nitrogens with zero attached hydrogens (tertiary/aromatic N) is 1. The van der Waals surface area contributed by atoms with Crippen LogP contribution >= 0.6 is 0 Å². The van der Waals surface area contributed by atoms with Crippen LogP contribution in [0.15, 0.2) is 24.3 Å². The first-order valence-corrected chi connectivity index (χ1v) is 7.10. The van der Waals surface area contributed by atoms with Gasteiger partial charge in [0, 0.05) is 24.7 Å². The summed E-state index contributed by atoms with van der Waals surface area (Å²) in [5.74, 6) is -0.433. The van der Waals surface area contributed by atoms with E-state index in [1.165, 1.54) is 18.7 Å². The highest BCUT2D eigenvalue weighted by Crippen LogP contribution is 2.11. The Morgan fingerprint density at radius 3 is 2.48 bits per heavy atom. The molecule has 1 N–H and O–H groups in total. The fourth-order valence-corrected chi connectivity index (χ4v) is 1.89. The molecule has 0 saturated carbocycles. The molecule has 0 unspecified atom stereocenters. The molecule has 5 heteroatoms. The molecular formula is C16H22N2O3. The van der Waals surface area contributed by atoms with Crippen LogP contribution < -0.4 is 5.32 Å². The van der Waals surface area contributed by atoms with Crippen LogP contribution in [0.1, 0.15) is 44.0 Å². The van der Waals surface area contributed by atoms with E-state index in [2.05, 4.69) is 5.32 Å². The summed E-state index contributed by atoms with van der Waals surface area (Å²) in [7, 11) is 0. The van der Waals surface area contributed by atoms with Gasteiger partial charge in [-0.15, -0.1) is 0 Å². The largest absolute Gasteiger partial charge is 0.334 e. The molecule has 0 fully saturated rings. The zero-order valence-electron chi connectivity index (χ0n) is 12.8. The standard InChI is InChI=1S/C16H22N2O3/c1-4-5-9-18(13(3)20)11-16(21)17-15-8-6-7-14(10-15)12(2)19/h6-8,10H,4-5,9,11H2,1-3H3,(H,17,21). The molecular weight excluding hydrogens is 268 g/mol. The van der Waals surface area contributed by atoms with Crippen LogP contribution in [0.4, 0.5) is 5.69 Å². The van der Waals surface area contributed by atoms with Crippen molar-refractivity contribution in [3.63, 3.8) is 0 Å². The van der Waals surface area contributed by atoms with Gasteiger partial charge in [0.05, 0.1) is 6.54 Å². The summed E-state index contributed by atoms with van der Waals surface area (Å²) in [6.07, 6.45) is 1.83. The highest BCUT2D eigenvalue weighted by atomic mass is 16.2. The van der Waals surface area contributed by atoms with Gasteiger partial charge in [-0.1, -0.05) is 25.5 Å². The number of Topliss-reactive ketones (excluding diaryl/α,β-unsaturated/α-hetero) is 1. The molecule has 1 rings (SSSR count). The van der Waals surface area contributed by atoms with Gasteiger partial charge in [-0.05, 0) is 25.5 Å². The predicted molar refractivity (Wildman–Crippen MR) is 82.2 cm³/mol. The topological polar surface area (TPSA) is 66.5 Å². The molecule has 0 radical (unpaired) electrons. The van der Waals surface area contributed by atoms with Crippen molar-refractivity contribution in [2.75, 3.05) is 18.4 Å². The number of nitrogens with one attached hydrogen (secondary N) is 1. The monoisotopic (exact) mass is 290 g/mol. The van der Waals surface area contributed by atoms with Crippen LogP contribution in [0.5, 0.6) is 0 Å². The van der Waals surface area contributed by atoms with Crippen LogP contribution in [0.25, 0.3) is 0 Å². The van der Waals surface area contributed by atoms with E-state index in [0.717, 1.165) is 12.8 Å². The number of carbonyl (C=O) groups excluding carboxylic acids is 3. The lowest BCUT2D eigenvalue weighted by molar-refractivity contribution is -0.132. The van der Waals surface area contributed by atoms with E-state index in [0.29, 0.717) is 17.8 Å². The molecule has 1 aromatic rings. The number of rotatable bonds is 7. The SMILES string of the molecule is CCCCN(CC(=O)Nc1cccc(C(C)=O)c1)C(C)=O. The Morgan fingerprint density at radius 1 is 1.19 bits per heavy atom. The molecule has 0 atom stereocenters. The molecule has 114 valence electrons. The molecule has 0 aliphatic rings. The van der Waals surface area contributed by atoms with Gasteiger partial charge in [0.15, 0.2) is 5.78 Å². The molecule has 0 spiro atoms. The Balaban J connectivity index is 2.65. The molecule has 5 nitrogen and oxygen atoms in total. The van der Waals surface area contributed by atoms with E-state index in [4.69, 9.17) is 0 Å². The van der Waals surface area contributed by atoms with Gasteiger partial charge in [-0.3, -0.25) is 14.4 Å². The second kappa shape index (κ2) is 8.19. The molecule has 0 heterocycles. The summed E-state index contributed by atoms with van der Waals surface area (Å²) in [5, 5.41) is 2.71. The normalized spacial score (nSPS) is 10.0. The van der Waals surface area contributed by atoms with Crippen LogP contribution in [0.2, 0.25) is 0 Å². The number of amides is 2. The third kappa shape index (κ3) is 5.77. The van der Waals surface area contributed by atoms with Crippen molar-refractivity contribution >= 4 is 23.3 Å². The lowest BCUT2D eigenvalue weighted by Crippen LogP contribution is -2.37. The summed E-state index contributed by atoms with van der Waals surface area (Å²) >= 11 is 0. The zero-order valence-corrected chi connectivity index (χ0v) is 12.8. The van der Waals surface area contributed by atoms with Gasteiger partial charge >= 0.3 is 0 Å². The van der Waals surface area contributed by atoms with E-state index in [-0.39, 0.29) is 24.1 Å². The first-order valence-electron chi connectivity index (χ1n) is 7.10. The third-order valence-corrected chi connectivity index (χ3v) is 3.11. The molecule has 2 amide bonds. The van der Waals surface area contributed by atoms with Crippen molar-refractivity contribution in [2.24, 2.45) is 0 Å². The Morgan fingerprint density at radius 2 is 1.90 bits per heavy atom. The van der Waals surface area contributed by atoms with Crippen molar-refractivity contribution in [2.45, 2.75) is 33.6 Å². The summed E-state index contributed by atoms with van der Waals surface area (Å²) in [4.78, 5) is 36.3. The van der Waals surface area contributed by atoms with E-state index in [9.17, 15) is 14.4 Å². The highest BCUT2D eigenvalue weighted by molar-refractivity contribution is 5.98. The van der Waals surface area contributed by atoms with Crippen molar-refractivity contribution in [1.82, 2.24) is 4.90 Å². The minimum atomic E-state index is -0.262. The van der Waals surface area contributed by atoms with Gasteiger partial charge in [-0.25, -0.2) is 0 Å². The lowest BCUT2D eigenvalue weighted by Gasteiger charge is -2.20. The molecule has 21 heavy (non-hydrogen) atoms. The highest BCUT2D eigenvalue weighted by Gasteiger charge is 2.13. The van der Waals surface area contributed by atoms with Gasteiger partial charge < -0.3 is 10.2 Å². The Hall–Kier alpha value is -2.17. The molecule has 0 saturated heterocycles. The van der Waals surface area contributed by atoms with Crippen LogP contribution in [-0.4, -0.2) is 35.6 Å². The summed E-state index contributed by atoms with van der Waals surface area (Å²) in [5.41, 5.74) is 1.11. The van der Waals surface area contributed by atoms with Crippen molar-refractivity contribution in [3.05, 3.63) is 29.8 Å². The van der Waals surface area contributed by atoms with Crippen LogP contribution in [0, 0.1) is 0 Å². The Bertz CT molecular complexity index is 526. The van der Waals surface area contributed by atoms with E-state index in [1.807, 2.05) is 6.92 Å². The number of hydrogen-bond donors (Lipinski definition) is 1. The number of unbranched alkanes of at least 4 members (excludes halogenated alkanes) is 1. The fraction of sp³-hybridized carbons (Fsp3) is 0.438. The minimum Gasteiger partial charge on any atom is -0.334 e. The summed E-state index contributed by atoms with van der Waals surface area (Å²) < 4.78 is 0. The van der Waals surface area contributed by atoms with Gasteiger partial charge in [0.2, 0.25) is 11.8 Å². The average molecular weight is 290 g/mol. The van der Waals surface area contributed by atoms with E-state index < -0.39 is 0 Å². The fourth-order valence-electron chi connectivity index (χ4n) is 1.89. The van der Waals surface area contributed by atoms with Gasteiger partial charge in [-0.2, -0.15) is 0 Å². The molecule has 1 aromatic carbocycles. The van der Waals surface area contributed by atoms with Crippen molar-refractivity contribution < 1.29 is 14.4 Å². The van der Waals surface area contributed by atoms with E-state index >= 15 is 0 Å². The smallest absolute Gasteiger partial charge is 0.243 e. The molecule has 0 aromatic heterocycles. The summed E-state index contributed by atoms with van der Waals surface area (Å²) in [6.45, 7) is 5.57. The third-order valence-electron chi connectivity index (χ3n) is 3.11. The predicted octanol–water partition coefficient (Wildman–Crippen LogP) is 2.48. The lowest BCUT2D eigenvalue weighted by atomic mass is 10.1. The van der Waals surface area contributed by atoms with Crippen molar-refractivity contribution in [1.29, 1.82) is 0 Å². The zero-order chi connectivity index (χ0) is 15.8. The number of ketones is 1. The molecule has 0 aliphatic carbocycles. The quantitative estimate of drug-likeness (QED) is 0.784. The average Bonchev–Trinajstić information content (AvgIpc) is 2.43. The van der Waals surface area contributed by atoms with Crippen LogP contribution in [0.3, 0.4) is 0 Å². The number of benzene rings is 1. The maximum absolute atomic E-state index is 12.0. The Kier molecular flexibility index (Phi) is 6.59. The number of anilines is 1. The second-order valence-corrected chi connectivity index (χ2v) is 4.98. The van der Waals surface area contributed by atoms with Gasteiger partial charge in [0.1, 0.15) is 0 Å².